The van der Waals surface area contributed by atoms with Crippen LogP contribution in [-0.4, -0.2) is 16.9 Å². The quantitative estimate of drug-likeness (QED) is 0.667. The molecule has 124 valence electrons. The Hall–Kier alpha value is -1.95. The molecule has 3 rings (SSSR count). The van der Waals surface area contributed by atoms with Gasteiger partial charge in [-0.25, -0.2) is 0 Å². The molecule has 0 aliphatic heterocycles. The predicted octanol–water partition coefficient (Wildman–Crippen LogP) is 4.66. The van der Waals surface area contributed by atoms with Crippen LogP contribution in [0.5, 0.6) is 0 Å². The minimum Gasteiger partial charge on any atom is -0.393 e. The van der Waals surface area contributed by atoms with Crippen molar-refractivity contribution in [3.05, 3.63) is 75.9 Å². The van der Waals surface area contributed by atoms with Crippen LogP contribution in [0.2, 0.25) is 0 Å². The number of halogens is 1. The number of aliphatic hydroxyl groups excluding tert-OH is 1. The fourth-order valence-electron chi connectivity index (χ4n) is 2.56. The summed E-state index contributed by atoms with van der Waals surface area (Å²) < 4.78 is 12.4. The van der Waals surface area contributed by atoms with Gasteiger partial charge in [0.25, 0.3) is 0 Å². The number of ether oxygens (including phenoxy) is 1. The Labute approximate surface area is 149 Å². The van der Waals surface area contributed by atoms with Crippen LogP contribution in [0.25, 0.3) is 11.3 Å². The van der Waals surface area contributed by atoms with Crippen LogP contribution in [-0.2, 0) is 11.3 Å². The van der Waals surface area contributed by atoms with E-state index in [0.717, 1.165) is 26.9 Å². The number of aromatic nitrogens is 1. The molecular weight excluding hydrogens is 370 g/mol. The van der Waals surface area contributed by atoms with E-state index >= 15 is 0 Å². The van der Waals surface area contributed by atoms with E-state index in [1.54, 1.807) is 0 Å². The van der Waals surface area contributed by atoms with Crippen LogP contribution in [0.3, 0.4) is 0 Å². The Kier molecular flexibility index (Phi) is 5.45. The number of hydrogen-bond donors (Lipinski definition) is 1. The Bertz CT molecular complexity index is 784. The van der Waals surface area contributed by atoms with Crippen LogP contribution < -0.4 is 0 Å². The van der Waals surface area contributed by atoms with Gasteiger partial charge in [-0.15, -0.1) is 0 Å². The maximum Gasteiger partial charge on any atom is 0.173 e. The highest BCUT2D eigenvalue weighted by Crippen LogP contribution is 2.33. The zero-order valence-electron chi connectivity index (χ0n) is 13.3. The first-order valence-electron chi connectivity index (χ1n) is 7.67. The molecule has 1 heterocycles. The first kappa shape index (κ1) is 16.9. The molecule has 0 bridgehead atoms. The van der Waals surface area contributed by atoms with Gasteiger partial charge in [-0.3, -0.25) is 0 Å². The highest BCUT2D eigenvalue weighted by molar-refractivity contribution is 9.10. The molecule has 0 aliphatic carbocycles. The van der Waals surface area contributed by atoms with Crippen molar-refractivity contribution in [3.8, 4) is 11.3 Å². The van der Waals surface area contributed by atoms with E-state index in [-0.39, 0.29) is 6.61 Å². The van der Waals surface area contributed by atoms with Crippen molar-refractivity contribution in [2.75, 3.05) is 6.61 Å². The number of nitrogens with zero attached hydrogens (tertiary/aromatic N) is 1. The third kappa shape index (κ3) is 3.75. The van der Waals surface area contributed by atoms with Crippen molar-refractivity contribution in [3.63, 3.8) is 0 Å². The Morgan fingerprint density at radius 2 is 1.83 bits per heavy atom. The second-order valence-corrected chi connectivity index (χ2v) is 6.40. The molecule has 0 fully saturated rings. The molecule has 0 saturated heterocycles. The lowest BCUT2D eigenvalue weighted by atomic mass is 10.0. The molecule has 4 nitrogen and oxygen atoms in total. The van der Waals surface area contributed by atoms with E-state index in [2.05, 4.69) is 21.1 Å². The lowest BCUT2D eigenvalue weighted by Crippen LogP contribution is -2.10. The topological polar surface area (TPSA) is 55.5 Å². The van der Waals surface area contributed by atoms with Crippen LogP contribution in [0.1, 0.15) is 22.9 Å². The van der Waals surface area contributed by atoms with E-state index in [9.17, 15) is 5.11 Å². The summed E-state index contributed by atoms with van der Waals surface area (Å²) in [6.07, 6.45) is -0.491. The molecule has 1 atom stereocenters. The summed E-state index contributed by atoms with van der Waals surface area (Å²) in [5.74, 6) is 0.632. The second-order valence-electron chi connectivity index (χ2n) is 5.49. The molecule has 0 amide bonds. The summed E-state index contributed by atoms with van der Waals surface area (Å²) in [7, 11) is 0. The van der Waals surface area contributed by atoms with Crippen molar-refractivity contribution >= 4 is 15.9 Å². The first-order chi connectivity index (χ1) is 11.7. The van der Waals surface area contributed by atoms with Crippen LogP contribution in [0.4, 0.5) is 0 Å². The molecule has 1 N–H and O–H groups in total. The van der Waals surface area contributed by atoms with Gasteiger partial charge in [-0.1, -0.05) is 63.6 Å². The Morgan fingerprint density at radius 3 is 2.50 bits per heavy atom. The number of benzene rings is 2. The number of aryl methyl sites for hydroxylation is 1. The van der Waals surface area contributed by atoms with Gasteiger partial charge in [-0.2, -0.15) is 0 Å². The van der Waals surface area contributed by atoms with Gasteiger partial charge in [-0.05, 0) is 24.6 Å². The largest absolute Gasteiger partial charge is 0.393 e. The summed E-state index contributed by atoms with van der Waals surface area (Å²) >= 11 is 3.42. The minimum absolute atomic E-state index is 0.140. The summed E-state index contributed by atoms with van der Waals surface area (Å²) in [4.78, 5) is 0. The summed E-state index contributed by atoms with van der Waals surface area (Å²) in [5.41, 5.74) is 3.46. The van der Waals surface area contributed by atoms with Gasteiger partial charge >= 0.3 is 0 Å². The van der Waals surface area contributed by atoms with Gasteiger partial charge in [0.1, 0.15) is 6.10 Å². The van der Waals surface area contributed by atoms with Crippen LogP contribution in [0, 0.1) is 6.92 Å². The summed E-state index contributed by atoms with van der Waals surface area (Å²) in [5, 5.41) is 13.9. The summed E-state index contributed by atoms with van der Waals surface area (Å²) in [6, 6.07) is 17.6. The fourth-order valence-corrected chi connectivity index (χ4v) is 2.83. The van der Waals surface area contributed by atoms with Gasteiger partial charge in [0.05, 0.1) is 24.5 Å². The Balaban J connectivity index is 1.86. The maximum absolute atomic E-state index is 9.81. The van der Waals surface area contributed by atoms with Gasteiger partial charge in [0, 0.05) is 10.0 Å². The lowest BCUT2D eigenvalue weighted by Gasteiger charge is -2.16. The molecule has 0 spiro atoms. The number of aliphatic hydroxyl groups is 1. The fraction of sp³-hybridized carbons (Fsp3) is 0.211. The molecule has 0 radical (unpaired) electrons. The van der Waals surface area contributed by atoms with Gasteiger partial charge < -0.3 is 14.4 Å². The molecule has 1 aromatic heterocycles. The predicted molar refractivity (Wildman–Crippen MR) is 95.4 cm³/mol. The molecule has 24 heavy (non-hydrogen) atoms. The zero-order valence-corrected chi connectivity index (χ0v) is 14.9. The van der Waals surface area contributed by atoms with E-state index < -0.39 is 6.10 Å². The molecule has 3 aromatic rings. The van der Waals surface area contributed by atoms with Crippen molar-refractivity contribution in [1.29, 1.82) is 0 Å². The smallest absolute Gasteiger partial charge is 0.173 e. The molecule has 0 saturated carbocycles. The Morgan fingerprint density at radius 1 is 1.12 bits per heavy atom. The third-order valence-electron chi connectivity index (χ3n) is 3.80. The van der Waals surface area contributed by atoms with Crippen molar-refractivity contribution in [2.24, 2.45) is 0 Å². The standard InChI is InChI=1S/C19H18BrNO3/c1-13-18(17(11-22)23-12-14-5-3-2-4-6-14)19(24-21-13)15-7-9-16(20)10-8-15/h2-10,17,22H,11-12H2,1H3/t17-/m1/s1. The molecule has 5 heteroatoms. The van der Waals surface area contributed by atoms with Crippen LogP contribution >= 0.6 is 15.9 Å². The van der Waals surface area contributed by atoms with Crippen LogP contribution in [0.15, 0.2) is 63.6 Å². The number of rotatable bonds is 6. The lowest BCUT2D eigenvalue weighted by molar-refractivity contribution is 0.000871. The summed E-state index contributed by atoms with van der Waals surface area (Å²) in [6.45, 7) is 2.13. The number of hydrogen-bond acceptors (Lipinski definition) is 4. The van der Waals surface area contributed by atoms with E-state index in [0.29, 0.717) is 12.4 Å². The highest BCUT2D eigenvalue weighted by Gasteiger charge is 2.24. The van der Waals surface area contributed by atoms with Crippen molar-refractivity contribution < 1.29 is 14.4 Å². The van der Waals surface area contributed by atoms with Gasteiger partial charge in [0.15, 0.2) is 5.76 Å². The average Bonchev–Trinajstić information content (AvgIpc) is 2.99. The zero-order chi connectivity index (χ0) is 16.9. The van der Waals surface area contributed by atoms with E-state index in [4.69, 9.17) is 9.26 Å². The van der Waals surface area contributed by atoms with Crippen molar-refractivity contribution in [2.45, 2.75) is 19.6 Å². The minimum atomic E-state index is -0.491. The molecule has 2 aromatic carbocycles. The molecular formula is C19H18BrNO3. The molecule has 0 aliphatic rings. The maximum atomic E-state index is 9.81. The van der Waals surface area contributed by atoms with E-state index in [1.165, 1.54) is 0 Å². The first-order valence-corrected chi connectivity index (χ1v) is 8.47. The molecule has 0 unspecified atom stereocenters. The third-order valence-corrected chi connectivity index (χ3v) is 4.33. The highest BCUT2D eigenvalue weighted by atomic mass is 79.9. The SMILES string of the molecule is Cc1noc(-c2ccc(Br)cc2)c1[C@@H](CO)OCc1ccccc1. The normalized spacial score (nSPS) is 12.3. The monoisotopic (exact) mass is 387 g/mol. The van der Waals surface area contributed by atoms with Gasteiger partial charge in [0.2, 0.25) is 0 Å². The van der Waals surface area contributed by atoms with Crippen molar-refractivity contribution in [1.82, 2.24) is 5.16 Å². The van der Waals surface area contributed by atoms with E-state index in [1.807, 2.05) is 61.5 Å². The second kappa shape index (κ2) is 7.75. The average molecular weight is 388 g/mol.